The van der Waals surface area contributed by atoms with Crippen LogP contribution in [0, 0.1) is 0 Å². The molecule has 0 fully saturated rings. The molecular formula is C28H38ClF3N2O. The summed E-state index contributed by atoms with van der Waals surface area (Å²) in [5.74, 6) is -1.85. The maximum Gasteiger partial charge on any atom is 0.471 e. The molecule has 2 aromatic rings. The van der Waals surface area contributed by atoms with Gasteiger partial charge in [0.05, 0.1) is 0 Å². The number of halogens is 4. The average Bonchev–Trinajstić information content (AvgIpc) is 3.36. The van der Waals surface area contributed by atoms with Crippen molar-refractivity contribution in [2.24, 2.45) is 5.73 Å². The van der Waals surface area contributed by atoms with Gasteiger partial charge in [0.1, 0.15) is 0 Å². The summed E-state index contributed by atoms with van der Waals surface area (Å²) in [4.78, 5) is 11.0. The predicted molar refractivity (Wildman–Crippen MR) is 138 cm³/mol. The molecule has 194 valence electrons. The van der Waals surface area contributed by atoms with Gasteiger partial charge in [0.25, 0.3) is 0 Å². The van der Waals surface area contributed by atoms with E-state index in [4.69, 9.17) is 5.73 Å². The van der Waals surface area contributed by atoms with Crippen molar-refractivity contribution in [1.29, 1.82) is 0 Å². The summed E-state index contributed by atoms with van der Waals surface area (Å²) in [6.07, 6.45) is 2.42. The molecule has 0 radical (unpaired) electrons. The van der Waals surface area contributed by atoms with Gasteiger partial charge in [-0.15, -0.1) is 12.4 Å². The molecule has 0 aliphatic heterocycles. The Morgan fingerprint density at radius 3 is 1.37 bits per heavy atom. The summed E-state index contributed by atoms with van der Waals surface area (Å²) < 4.78 is 36.8. The van der Waals surface area contributed by atoms with Crippen LogP contribution in [-0.4, -0.2) is 24.2 Å². The fourth-order valence-corrected chi connectivity index (χ4v) is 5.27. The molecule has 4 rings (SSSR count). The van der Waals surface area contributed by atoms with Gasteiger partial charge in [0.15, 0.2) is 0 Å². The minimum atomic E-state index is -4.81. The molecule has 0 saturated carbocycles. The Hall–Kier alpha value is -2.05. The lowest BCUT2D eigenvalue weighted by molar-refractivity contribution is -0.174. The fraction of sp³-hybridized carbons (Fsp3) is 0.536. The second-order valence-corrected chi connectivity index (χ2v) is 9.44. The smallest absolute Gasteiger partial charge is 0.345 e. The van der Waals surface area contributed by atoms with Crippen LogP contribution in [0.2, 0.25) is 0 Å². The number of carbonyl (C=O) groups is 1. The highest BCUT2D eigenvalue weighted by Crippen LogP contribution is 2.28. The Morgan fingerprint density at radius 2 is 1.09 bits per heavy atom. The topological polar surface area (TPSA) is 55.1 Å². The molecule has 1 amide bonds. The number of carbonyl (C=O) groups excluding carboxylic acids is 1. The first-order chi connectivity index (χ1) is 16.1. The van der Waals surface area contributed by atoms with E-state index in [1.165, 1.54) is 33.4 Å². The molecule has 7 heteroatoms. The third kappa shape index (κ3) is 7.01. The van der Waals surface area contributed by atoms with E-state index in [0.717, 1.165) is 49.7 Å². The van der Waals surface area contributed by atoms with Crippen molar-refractivity contribution in [2.75, 3.05) is 0 Å². The van der Waals surface area contributed by atoms with Crippen LogP contribution in [0.25, 0.3) is 0 Å². The Morgan fingerprint density at radius 1 is 0.771 bits per heavy atom. The van der Waals surface area contributed by atoms with E-state index < -0.39 is 18.1 Å². The van der Waals surface area contributed by atoms with Crippen molar-refractivity contribution in [1.82, 2.24) is 5.32 Å². The zero-order chi connectivity index (χ0) is 25.0. The molecule has 2 aromatic carbocycles. The monoisotopic (exact) mass is 510 g/mol. The average molecular weight is 511 g/mol. The first-order valence-corrected chi connectivity index (χ1v) is 12.5. The molecule has 0 bridgehead atoms. The zero-order valence-electron chi connectivity index (χ0n) is 21.1. The van der Waals surface area contributed by atoms with E-state index >= 15 is 0 Å². The van der Waals surface area contributed by atoms with Crippen LogP contribution in [0.15, 0.2) is 24.3 Å². The molecule has 3 N–H and O–H groups in total. The summed E-state index contributed by atoms with van der Waals surface area (Å²) in [6, 6.07) is 8.82. The van der Waals surface area contributed by atoms with E-state index in [2.05, 4.69) is 57.3 Å². The molecular weight excluding hydrogens is 473 g/mol. The van der Waals surface area contributed by atoms with Crippen molar-refractivity contribution in [3.05, 3.63) is 68.8 Å². The van der Waals surface area contributed by atoms with Gasteiger partial charge in [-0.3, -0.25) is 4.79 Å². The van der Waals surface area contributed by atoms with E-state index in [0.29, 0.717) is 18.9 Å². The highest BCUT2D eigenvalue weighted by atomic mass is 35.5. The Balaban J connectivity index is 0.000000254. The maximum atomic E-state index is 12.3. The molecule has 0 atom stereocenters. The summed E-state index contributed by atoms with van der Waals surface area (Å²) >= 11 is 0. The summed E-state index contributed by atoms with van der Waals surface area (Å²) in [5, 5.41) is 2.08. The molecule has 2 aliphatic rings. The number of nitrogens with one attached hydrogen (secondary N) is 1. The van der Waals surface area contributed by atoms with Gasteiger partial charge in [-0.1, -0.05) is 52.0 Å². The number of hydrogen-bond acceptors (Lipinski definition) is 2. The third-order valence-electron chi connectivity index (χ3n) is 7.06. The Kier molecular flexibility index (Phi) is 10.2. The number of aryl methyl sites for hydroxylation is 4. The lowest BCUT2D eigenvalue weighted by atomic mass is 9.97. The normalized spacial score (nSPS) is 15.1. The largest absolute Gasteiger partial charge is 0.471 e. The number of nitrogens with two attached hydrogens (primary N) is 1. The van der Waals surface area contributed by atoms with Gasteiger partial charge in [0.2, 0.25) is 0 Å². The van der Waals surface area contributed by atoms with Gasteiger partial charge in [-0.2, -0.15) is 13.2 Å². The molecule has 0 unspecified atom stereocenters. The van der Waals surface area contributed by atoms with Gasteiger partial charge in [0, 0.05) is 12.1 Å². The molecule has 35 heavy (non-hydrogen) atoms. The SMILES string of the molecule is CCc1cc2c(cc1CC)CC(N)C2.CCc1cc2c(cc1CC)CC(NC(=O)C(F)(F)F)C2.Cl. The van der Waals surface area contributed by atoms with Gasteiger partial charge in [-0.25, -0.2) is 0 Å². The number of fused-ring (bicyclic) bond motifs is 2. The Labute approximate surface area is 213 Å². The zero-order valence-corrected chi connectivity index (χ0v) is 22.0. The maximum absolute atomic E-state index is 12.3. The quantitative estimate of drug-likeness (QED) is 0.549. The lowest BCUT2D eigenvalue weighted by Crippen LogP contribution is -2.43. The van der Waals surface area contributed by atoms with E-state index in [1.807, 2.05) is 0 Å². The van der Waals surface area contributed by atoms with E-state index in [9.17, 15) is 18.0 Å². The number of benzene rings is 2. The van der Waals surface area contributed by atoms with Crippen LogP contribution in [0.3, 0.4) is 0 Å². The molecule has 2 aliphatic carbocycles. The molecule has 0 spiro atoms. The van der Waals surface area contributed by atoms with Crippen LogP contribution in [0.5, 0.6) is 0 Å². The van der Waals surface area contributed by atoms with Crippen LogP contribution < -0.4 is 11.1 Å². The highest BCUT2D eigenvalue weighted by Gasteiger charge is 2.40. The second kappa shape index (κ2) is 12.3. The molecule has 3 nitrogen and oxygen atoms in total. The van der Waals surface area contributed by atoms with Crippen LogP contribution in [0.4, 0.5) is 13.2 Å². The first-order valence-electron chi connectivity index (χ1n) is 12.5. The minimum absolute atomic E-state index is 0. The number of rotatable bonds is 5. The van der Waals surface area contributed by atoms with Crippen molar-refractivity contribution in [3.8, 4) is 0 Å². The van der Waals surface area contributed by atoms with Crippen LogP contribution >= 0.6 is 12.4 Å². The van der Waals surface area contributed by atoms with Gasteiger partial charge in [-0.05, 0) is 95.9 Å². The van der Waals surface area contributed by atoms with Crippen molar-refractivity contribution in [3.63, 3.8) is 0 Å². The Bertz CT molecular complexity index is 970. The fourth-order valence-electron chi connectivity index (χ4n) is 5.27. The summed E-state index contributed by atoms with van der Waals surface area (Å²) in [6.45, 7) is 8.60. The minimum Gasteiger partial charge on any atom is -0.345 e. The van der Waals surface area contributed by atoms with Crippen molar-refractivity contribution >= 4 is 18.3 Å². The number of alkyl halides is 3. The summed E-state index contributed by atoms with van der Waals surface area (Å²) in [5.41, 5.74) is 16.6. The van der Waals surface area contributed by atoms with Gasteiger partial charge >= 0.3 is 12.1 Å². The van der Waals surface area contributed by atoms with E-state index in [1.54, 1.807) is 0 Å². The molecule has 0 saturated heterocycles. The van der Waals surface area contributed by atoms with E-state index in [-0.39, 0.29) is 12.4 Å². The van der Waals surface area contributed by atoms with Crippen molar-refractivity contribution < 1.29 is 18.0 Å². The predicted octanol–water partition coefficient (Wildman–Crippen LogP) is 5.62. The van der Waals surface area contributed by atoms with Crippen LogP contribution in [-0.2, 0) is 56.2 Å². The van der Waals surface area contributed by atoms with Gasteiger partial charge < -0.3 is 11.1 Å². The third-order valence-corrected chi connectivity index (χ3v) is 7.06. The number of hydrogen-bond donors (Lipinski definition) is 2. The second-order valence-electron chi connectivity index (χ2n) is 9.44. The lowest BCUT2D eigenvalue weighted by Gasteiger charge is -2.13. The van der Waals surface area contributed by atoms with Crippen LogP contribution in [0.1, 0.15) is 72.2 Å². The van der Waals surface area contributed by atoms with Crippen molar-refractivity contribution in [2.45, 2.75) is 97.3 Å². The summed E-state index contributed by atoms with van der Waals surface area (Å²) in [7, 11) is 0. The standard InChI is InChI=1S/C15H18F3NO.C13H19N.ClH/c1-3-9-5-11-7-13(19-14(20)15(16,17)18)8-12(11)6-10(9)4-2;1-3-9-5-11-7-13(14)8-12(11)6-10(9)4-2;/h5-6,13H,3-4,7-8H2,1-2H3,(H,19,20);5-6,13H,3-4,7-8,14H2,1-2H3;1H. The first kappa shape index (κ1) is 29.2. The number of amides is 1. The highest BCUT2D eigenvalue weighted by molar-refractivity contribution is 5.85. The molecule has 0 aromatic heterocycles. The molecule has 0 heterocycles.